The normalized spacial score (nSPS) is 0. The maximum atomic E-state index is 0. The molecule has 0 aromatic rings. The number of hydrogen-bond acceptors (Lipinski definition) is 0. The van der Waals surface area contributed by atoms with Gasteiger partial charge in [-0.1, -0.05) is 0 Å². The zero-order valence-corrected chi connectivity index (χ0v) is 5.18. The first-order chi connectivity index (χ1) is 0. The molecule has 4 heteroatoms. The molecule has 27 valence electrons. The van der Waals surface area contributed by atoms with E-state index in [0.29, 0.717) is 0 Å². The second kappa shape index (κ2) is 23.1. The zero-order chi connectivity index (χ0) is 0. The molecule has 4 heavy (non-hydrogen) atoms. The van der Waals surface area contributed by atoms with E-state index in [2.05, 4.69) is 0 Å². The van der Waals surface area contributed by atoms with Gasteiger partial charge in [0.05, 0.1) is 0 Å². The van der Waals surface area contributed by atoms with E-state index in [-0.39, 0.29) is 59.0 Å². The van der Waals surface area contributed by atoms with Crippen molar-refractivity contribution in [2.75, 3.05) is 0 Å². The van der Waals surface area contributed by atoms with E-state index < -0.39 is 0 Å². The zero-order valence-electron chi connectivity index (χ0n) is 1.46. The predicted molar refractivity (Wildman–Crippen MR) is 0 cm³/mol. The Morgan fingerprint density at radius 3 is 0.750 bits per heavy atom. The Morgan fingerprint density at radius 2 is 0.750 bits per heavy atom. The predicted octanol–water partition coefficient (Wildman–Crippen LogP) is -6.00. The van der Waals surface area contributed by atoms with E-state index in [4.69, 9.17) is 0 Å². The van der Waals surface area contributed by atoms with E-state index in [1.165, 1.54) is 0 Å². The van der Waals surface area contributed by atoms with Crippen LogP contribution in [0.4, 0.5) is 0 Å². The first-order valence-electron chi connectivity index (χ1n) is 0. The summed E-state index contributed by atoms with van der Waals surface area (Å²) in [6, 6.07) is 0. The smallest absolute Gasteiger partial charge is 1.00 e. The second-order valence-corrected chi connectivity index (χ2v) is 0. The van der Waals surface area contributed by atoms with Crippen LogP contribution in [-0.2, 0) is 34.1 Å². The molecule has 1 radical (unpaired) electrons. The Morgan fingerprint density at radius 1 is 0.750 bits per heavy atom. The molecule has 0 amide bonds. The monoisotopic (exact) mass is 182 g/mol. The van der Waals surface area contributed by atoms with Crippen LogP contribution in [0.1, 0.15) is 0 Å². The molecule has 0 saturated heterocycles. The van der Waals surface area contributed by atoms with Gasteiger partial charge in [0, 0.05) is 0 Å². The van der Waals surface area contributed by atoms with Crippen molar-refractivity contribution in [3.05, 3.63) is 0 Å². The number of rotatable bonds is 0. The van der Waals surface area contributed by atoms with Gasteiger partial charge in [-0.05, 0) is 0 Å². The van der Waals surface area contributed by atoms with Crippen LogP contribution in [0.15, 0.2) is 0 Å². The summed E-state index contributed by atoms with van der Waals surface area (Å²) in [5.74, 6) is 0. The maximum absolute atomic E-state index is 0. The van der Waals surface area contributed by atoms with Crippen LogP contribution in [0.5, 0.6) is 0 Å². The number of halogens is 2. The average Bonchev–Trinajstić information content (AvgIpc) is 0. The SMILES string of the molecule is [Cl-].[Cl-].[Fe+2].[Fe+3]. The average molecular weight is 183 g/mol. The van der Waals surface area contributed by atoms with Crippen molar-refractivity contribution in [1.29, 1.82) is 0 Å². The summed E-state index contributed by atoms with van der Waals surface area (Å²) in [5, 5.41) is 0. The molecule has 0 aliphatic heterocycles. The molecule has 0 heterocycles. The quantitative estimate of drug-likeness (QED) is 0.328. The molecular weight excluding hydrogens is 183 g/mol. The fourth-order valence-electron chi connectivity index (χ4n) is 0. The van der Waals surface area contributed by atoms with Crippen LogP contribution < -0.4 is 24.8 Å². The minimum Gasteiger partial charge on any atom is -1.00 e. The van der Waals surface area contributed by atoms with Crippen LogP contribution >= 0.6 is 0 Å². The van der Waals surface area contributed by atoms with Crippen molar-refractivity contribution in [2.24, 2.45) is 0 Å². The van der Waals surface area contributed by atoms with Gasteiger partial charge in [-0.2, -0.15) is 0 Å². The van der Waals surface area contributed by atoms with Crippen molar-refractivity contribution < 1.29 is 59.0 Å². The fourth-order valence-corrected chi connectivity index (χ4v) is 0. The van der Waals surface area contributed by atoms with Gasteiger partial charge in [0.25, 0.3) is 0 Å². The van der Waals surface area contributed by atoms with Crippen LogP contribution in [0, 0.1) is 0 Å². The maximum Gasteiger partial charge on any atom is 3.00 e. The summed E-state index contributed by atoms with van der Waals surface area (Å²) in [6.07, 6.45) is 0. The molecule has 0 nitrogen and oxygen atoms in total. The Balaban J connectivity index is 0. The van der Waals surface area contributed by atoms with Crippen LogP contribution in [-0.4, -0.2) is 0 Å². The van der Waals surface area contributed by atoms with Crippen molar-refractivity contribution in [3.8, 4) is 0 Å². The van der Waals surface area contributed by atoms with Crippen molar-refractivity contribution in [1.82, 2.24) is 0 Å². The third-order valence-electron chi connectivity index (χ3n) is 0. The molecule has 0 aromatic carbocycles. The molecule has 0 unspecified atom stereocenters. The Labute approximate surface area is 58.9 Å². The van der Waals surface area contributed by atoms with Gasteiger partial charge < -0.3 is 24.8 Å². The molecule has 0 N–H and O–H groups in total. The van der Waals surface area contributed by atoms with Crippen molar-refractivity contribution >= 4 is 0 Å². The molecule has 0 aliphatic rings. The van der Waals surface area contributed by atoms with Crippen LogP contribution in [0.3, 0.4) is 0 Å². The first kappa shape index (κ1) is 45.7. The Bertz CT molecular complexity index is 4.00. The largest absolute Gasteiger partial charge is 3.00 e. The van der Waals surface area contributed by atoms with Gasteiger partial charge in [0.1, 0.15) is 0 Å². The van der Waals surface area contributed by atoms with Gasteiger partial charge >= 0.3 is 34.1 Å². The van der Waals surface area contributed by atoms with E-state index in [0.717, 1.165) is 0 Å². The molecule has 0 fully saturated rings. The fraction of sp³-hybridized carbons (Fsp3) is 0. The minimum absolute atomic E-state index is 0. The van der Waals surface area contributed by atoms with Gasteiger partial charge in [-0.25, -0.2) is 0 Å². The molecule has 0 aliphatic carbocycles. The van der Waals surface area contributed by atoms with Gasteiger partial charge in [0.15, 0.2) is 0 Å². The Hall–Kier alpha value is 1.62. The standard InChI is InChI=1S/2ClH.2Fe/h2*1H;;/q;;+2;+3/p-2. The molecule has 0 aromatic heterocycles. The third-order valence-corrected chi connectivity index (χ3v) is 0. The van der Waals surface area contributed by atoms with Crippen molar-refractivity contribution in [2.45, 2.75) is 0 Å². The topological polar surface area (TPSA) is 0 Å². The van der Waals surface area contributed by atoms with E-state index >= 15 is 0 Å². The summed E-state index contributed by atoms with van der Waals surface area (Å²) < 4.78 is 0. The molecule has 0 spiro atoms. The minimum atomic E-state index is 0. The summed E-state index contributed by atoms with van der Waals surface area (Å²) >= 11 is 0. The van der Waals surface area contributed by atoms with E-state index in [1.54, 1.807) is 0 Å². The molecule has 0 bridgehead atoms. The molecular formula is Cl2Fe2+3. The van der Waals surface area contributed by atoms with Crippen LogP contribution in [0.25, 0.3) is 0 Å². The van der Waals surface area contributed by atoms with Gasteiger partial charge in [-0.15, -0.1) is 0 Å². The van der Waals surface area contributed by atoms with E-state index in [9.17, 15) is 0 Å². The third kappa shape index (κ3) is 9.47. The molecule has 0 saturated carbocycles. The van der Waals surface area contributed by atoms with E-state index in [1.807, 2.05) is 0 Å². The summed E-state index contributed by atoms with van der Waals surface area (Å²) in [5.41, 5.74) is 0. The van der Waals surface area contributed by atoms with Crippen LogP contribution in [0.2, 0.25) is 0 Å². The van der Waals surface area contributed by atoms with Gasteiger partial charge in [0.2, 0.25) is 0 Å². The van der Waals surface area contributed by atoms with Crippen molar-refractivity contribution in [3.63, 3.8) is 0 Å². The first-order valence-corrected chi connectivity index (χ1v) is 0. The summed E-state index contributed by atoms with van der Waals surface area (Å²) in [7, 11) is 0. The molecule has 0 atom stereocenters. The number of hydrogen-bond donors (Lipinski definition) is 0. The summed E-state index contributed by atoms with van der Waals surface area (Å²) in [6.45, 7) is 0. The Kier molecular flexibility index (Phi) is 264. The second-order valence-electron chi connectivity index (χ2n) is 0. The van der Waals surface area contributed by atoms with Gasteiger partial charge in [-0.3, -0.25) is 0 Å². The molecule has 0 rings (SSSR count). The summed E-state index contributed by atoms with van der Waals surface area (Å²) in [4.78, 5) is 0.